The van der Waals surface area contributed by atoms with Crippen LogP contribution in [0.4, 0.5) is 0 Å². The molecule has 0 bridgehead atoms. The van der Waals surface area contributed by atoms with E-state index in [2.05, 4.69) is 33.9 Å². The molecule has 2 rings (SSSR count). The fourth-order valence-corrected chi connectivity index (χ4v) is 3.31. The molecule has 2 heterocycles. The molecule has 0 fully saturated rings. The van der Waals surface area contributed by atoms with Crippen molar-refractivity contribution in [1.29, 1.82) is 0 Å². The van der Waals surface area contributed by atoms with Gasteiger partial charge in [0.2, 0.25) is 5.91 Å². The number of hydrogen-bond acceptors (Lipinski definition) is 4. The average Bonchev–Trinajstić information content (AvgIpc) is 2.95. The van der Waals surface area contributed by atoms with Crippen molar-refractivity contribution < 1.29 is 9.90 Å². The predicted molar refractivity (Wildman–Crippen MR) is 84.6 cm³/mol. The number of aliphatic hydroxyl groups excluding tert-OH is 1. The quantitative estimate of drug-likeness (QED) is 0.823. The van der Waals surface area contributed by atoms with E-state index in [1.807, 2.05) is 13.1 Å². The molecule has 0 spiro atoms. The number of carbonyl (C=O) groups is 1. The zero-order chi connectivity index (χ0) is 15.4. The Morgan fingerprint density at radius 3 is 2.95 bits per heavy atom. The third kappa shape index (κ3) is 4.04. The number of nitrogens with zero attached hydrogens (tertiary/aromatic N) is 2. The van der Waals surface area contributed by atoms with Gasteiger partial charge in [0.05, 0.1) is 5.69 Å². The highest BCUT2D eigenvalue weighted by atomic mass is 32.1. The van der Waals surface area contributed by atoms with Crippen LogP contribution in [0.15, 0.2) is 11.6 Å². The van der Waals surface area contributed by atoms with E-state index in [0.717, 1.165) is 16.3 Å². The smallest absolute Gasteiger partial charge is 0.220 e. The van der Waals surface area contributed by atoms with E-state index in [9.17, 15) is 4.79 Å². The van der Waals surface area contributed by atoms with Crippen molar-refractivity contribution >= 4 is 22.2 Å². The van der Waals surface area contributed by atoms with E-state index in [1.54, 1.807) is 11.3 Å². The highest BCUT2D eigenvalue weighted by molar-refractivity contribution is 7.15. The molecule has 1 atom stereocenters. The molecule has 0 saturated carbocycles. The van der Waals surface area contributed by atoms with Gasteiger partial charge in [-0.05, 0) is 25.7 Å². The van der Waals surface area contributed by atoms with E-state index < -0.39 is 0 Å². The Labute approximate surface area is 129 Å². The molecule has 1 amide bonds. The standard InChI is InChI=1S/C15H23N3O2S/c1-10(2)13(6-7-19)17-14(20)5-4-12-9-21-15-16-11(3)8-18(12)15/h8-10,13,19H,4-7H2,1-3H3,(H,17,20). The summed E-state index contributed by atoms with van der Waals surface area (Å²) in [6.45, 7) is 6.18. The van der Waals surface area contributed by atoms with Crippen molar-refractivity contribution in [3.63, 3.8) is 0 Å². The monoisotopic (exact) mass is 309 g/mol. The zero-order valence-corrected chi connectivity index (χ0v) is 13.6. The Morgan fingerprint density at radius 2 is 2.29 bits per heavy atom. The lowest BCUT2D eigenvalue weighted by Gasteiger charge is -2.21. The van der Waals surface area contributed by atoms with Gasteiger partial charge in [0.15, 0.2) is 4.96 Å². The molecule has 116 valence electrons. The molecular weight excluding hydrogens is 286 g/mol. The molecule has 0 aliphatic carbocycles. The molecule has 0 aliphatic rings. The van der Waals surface area contributed by atoms with Crippen LogP contribution in [-0.2, 0) is 11.2 Å². The van der Waals surface area contributed by atoms with Crippen LogP contribution in [0.25, 0.3) is 4.96 Å². The fraction of sp³-hybridized carbons (Fsp3) is 0.600. The summed E-state index contributed by atoms with van der Waals surface area (Å²) in [4.78, 5) is 17.4. The Morgan fingerprint density at radius 1 is 1.52 bits per heavy atom. The highest BCUT2D eigenvalue weighted by Gasteiger charge is 2.16. The Hall–Kier alpha value is -1.40. The molecule has 2 N–H and O–H groups in total. The number of rotatable bonds is 7. The number of carbonyl (C=O) groups excluding carboxylic acids is 1. The Balaban J connectivity index is 1.91. The van der Waals surface area contributed by atoms with Crippen molar-refractivity contribution in [3.8, 4) is 0 Å². The minimum absolute atomic E-state index is 0.0401. The average molecular weight is 309 g/mol. The molecule has 2 aromatic heterocycles. The normalized spacial score (nSPS) is 13.0. The summed E-state index contributed by atoms with van der Waals surface area (Å²) in [5, 5.41) is 14.1. The van der Waals surface area contributed by atoms with E-state index in [0.29, 0.717) is 25.2 Å². The predicted octanol–water partition coefficient (Wildman–Crippen LogP) is 2.16. The number of nitrogens with one attached hydrogen (secondary N) is 1. The topological polar surface area (TPSA) is 66.6 Å². The third-order valence-electron chi connectivity index (χ3n) is 3.60. The first kappa shape index (κ1) is 16.0. The number of aromatic nitrogens is 2. The minimum Gasteiger partial charge on any atom is -0.396 e. The van der Waals surface area contributed by atoms with Crippen LogP contribution in [-0.4, -0.2) is 33.0 Å². The van der Waals surface area contributed by atoms with Gasteiger partial charge in [-0.1, -0.05) is 13.8 Å². The first-order valence-electron chi connectivity index (χ1n) is 7.33. The summed E-state index contributed by atoms with van der Waals surface area (Å²) in [6.07, 6.45) is 3.76. The van der Waals surface area contributed by atoms with Crippen LogP contribution in [0.2, 0.25) is 0 Å². The molecule has 2 aromatic rings. The van der Waals surface area contributed by atoms with Gasteiger partial charge in [-0.25, -0.2) is 4.98 Å². The summed E-state index contributed by atoms with van der Waals surface area (Å²) in [6, 6.07) is 0.0421. The lowest BCUT2D eigenvalue weighted by Crippen LogP contribution is -2.39. The highest BCUT2D eigenvalue weighted by Crippen LogP contribution is 2.17. The van der Waals surface area contributed by atoms with Crippen molar-refractivity contribution in [2.24, 2.45) is 5.92 Å². The van der Waals surface area contributed by atoms with Crippen molar-refractivity contribution in [1.82, 2.24) is 14.7 Å². The van der Waals surface area contributed by atoms with E-state index in [1.165, 1.54) is 0 Å². The molecular formula is C15H23N3O2S. The molecule has 0 aromatic carbocycles. The molecule has 21 heavy (non-hydrogen) atoms. The van der Waals surface area contributed by atoms with Gasteiger partial charge < -0.3 is 10.4 Å². The maximum absolute atomic E-state index is 12.1. The van der Waals surface area contributed by atoms with E-state index >= 15 is 0 Å². The fourth-order valence-electron chi connectivity index (χ4n) is 2.35. The number of hydrogen-bond donors (Lipinski definition) is 2. The lowest BCUT2D eigenvalue weighted by molar-refractivity contribution is -0.122. The number of aliphatic hydroxyl groups is 1. The van der Waals surface area contributed by atoms with Gasteiger partial charge in [-0.3, -0.25) is 9.20 Å². The Bertz CT molecular complexity index is 603. The van der Waals surface area contributed by atoms with Crippen molar-refractivity contribution in [2.75, 3.05) is 6.61 Å². The van der Waals surface area contributed by atoms with Gasteiger partial charge >= 0.3 is 0 Å². The molecule has 0 saturated heterocycles. The Kier molecular flexibility index (Phi) is 5.36. The largest absolute Gasteiger partial charge is 0.396 e. The van der Waals surface area contributed by atoms with Gasteiger partial charge in [0, 0.05) is 36.3 Å². The van der Waals surface area contributed by atoms with Gasteiger partial charge in [0.1, 0.15) is 0 Å². The molecule has 0 radical (unpaired) electrons. The molecule has 6 heteroatoms. The van der Waals surface area contributed by atoms with Gasteiger partial charge in [-0.2, -0.15) is 0 Å². The van der Waals surface area contributed by atoms with Crippen molar-refractivity contribution in [2.45, 2.75) is 46.1 Å². The van der Waals surface area contributed by atoms with E-state index in [4.69, 9.17) is 5.11 Å². The van der Waals surface area contributed by atoms with E-state index in [-0.39, 0.29) is 18.6 Å². The van der Waals surface area contributed by atoms with Crippen molar-refractivity contribution in [3.05, 3.63) is 23.0 Å². The SMILES string of the molecule is Cc1cn2c(CCC(=O)NC(CCO)C(C)C)csc2n1. The second-order valence-electron chi connectivity index (χ2n) is 5.69. The summed E-state index contributed by atoms with van der Waals surface area (Å²) in [5.41, 5.74) is 2.12. The summed E-state index contributed by atoms with van der Waals surface area (Å²) in [7, 11) is 0. The summed E-state index contributed by atoms with van der Waals surface area (Å²) in [5.74, 6) is 0.364. The maximum Gasteiger partial charge on any atom is 0.220 e. The van der Waals surface area contributed by atoms with Crippen LogP contribution in [0, 0.1) is 12.8 Å². The number of amides is 1. The molecule has 0 aliphatic heterocycles. The van der Waals surface area contributed by atoms with Crippen LogP contribution in [0.3, 0.4) is 0 Å². The number of thiazole rings is 1. The number of fused-ring (bicyclic) bond motifs is 1. The zero-order valence-electron chi connectivity index (χ0n) is 12.8. The van der Waals surface area contributed by atoms with Crippen LogP contribution < -0.4 is 5.32 Å². The number of imidazole rings is 1. The lowest BCUT2D eigenvalue weighted by atomic mass is 10.0. The second-order valence-corrected chi connectivity index (χ2v) is 6.53. The van der Waals surface area contributed by atoms with Crippen LogP contribution in [0.1, 0.15) is 38.1 Å². The van der Waals surface area contributed by atoms with Crippen LogP contribution in [0.5, 0.6) is 0 Å². The third-order valence-corrected chi connectivity index (χ3v) is 4.49. The summed E-state index contributed by atoms with van der Waals surface area (Å²) >= 11 is 1.60. The number of aryl methyl sites for hydroxylation is 2. The van der Waals surface area contributed by atoms with Gasteiger partial charge in [0.25, 0.3) is 0 Å². The van der Waals surface area contributed by atoms with Gasteiger partial charge in [-0.15, -0.1) is 11.3 Å². The first-order valence-corrected chi connectivity index (χ1v) is 8.21. The first-order chi connectivity index (χ1) is 10.0. The summed E-state index contributed by atoms with van der Waals surface area (Å²) < 4.78 is 2.06. The molecule has 5 nitrogen and oxygen atoms in total. The minimum atomic E-state index is 0.0401. The second kappa shape index (κ2) is 7.04. The maximum atomic E-state index is 12.1. The molecule has 1 unspecified atom stereocenters. The van der Waals surface area contributed by atoms with Crippen LogP contribution >= 0.6 is 11.3 Å².